The van der Waals surface area contributed by atoms with Crippen LogP contribution >= 0.6 is 0 Å². The van der Waals surface area contributed by atoms with Crippen molar-refractivity contribution in [3.8, 4) is 0 Å². The highest BCUT2D eigenvalue weighted by atomic mass is 16.8. The van der Waals surface area contributed by atoms with E-state index in [9.17, 15) is 9.59 Å². The molecule has 1 unspecified atom stereocenters. The number of hydrogen-bond acceptors (Lipinski definition) is 4. The minimum Gasteiger partial charge on any atom is -0.450 e. The summed E-state index contributed by atoms with van der Waals surface area (Å²) in [5.74, 6) is -2.60. The van der Waals surface area contributed by atoms with Crippen LogP contribution in [0.15, 0.2) is 60.7 Å². The van der Waals surface area contributed by atoms with E-state index in [0.29, 0.717) is 11.1 Å². The van der Waals surface area contributed by atoms with Crippen molar-refractivity contribution >= 4 is 11.9 Å². The second kappa shape index (κ2) is 6.19. The Bertz CT molecular complexity index is 624. The van der Waals surface area contributed by atoms with E-state index in [1.165, 1.54) is 7.11 Å². The number of carbonyl (C=O) groups excluding carboxylic acids is 1. The number of hydrogen-bond donors (Lipinski definition) is 1. The average molecular weight is 286 g/mol. The molecule has 0 aromatic heterocycles. The Kier molecular flexibility index (Phi) is 4.35. The zero-order chi connectivity index (χ0) is 15.3. The molecule has 0 aliphatic heterocycles. The normalized spacial score (nSPS) is 13.2. The predicted octanol–water partition coefficient (Wildman–Crippen LogP) is 3.06. The van der Waals surface area contributed by atoms with Crippen molar-refractivity contribution in [2.75, 3.05) is 7.11 Å². The van der Waals surface area contributed by atoms with Crippen LogP contribution in [0.25, 0.3) is 0 Å². The van der Waals surface area contributed by atoms with E-state index in [-0.39, 0.29) is 0 Å². The topological polar surface area (TPSA) is 72.8 Å². The number of benzene rings is 2. The zero-order valence-corrected chi connectivity index (χ0v) is 11.4. The predicted molar refractivity (Wildman–Crippen MR) is 75.0 cm³/mol. The molecule has 2 rings (SSSR count). The number of carbonyl (C=O) groups is 2. The first kappa shape index (κ1) is 14.7. The van der Waals surface area contributed by atoms with Gasteiger partial charge in [-0.25, -0.2) is 4.79 Å². The molecule has 1 N–H and O–H groups in total. The monoisotopic (exact) mass is 286 g/mol. The molecule has 0 bridgehead atoms. The van der Waals surface area contributed by atoms with Crippen LogP contribution in [0.3, 0.4) is 0 Å². The first-order valence-electron chi connectivity index (χ1n) is 6.22. The van der Waals surface area contributed by atoms with Crippen molar-refractivity contribution in [2.45, 2.75) is 5.79 Å². The lowest BCUT2D eigenvalue weighted by molar-refractivity contribution is -0.166. The Morgan fingerprint density at radius 1 is 0.952 bits per heavy atom. The van der Waals surface area contributed by atoms with Crippen LogP contribution in [-0.2, 0) is 15.3 Å². The Labute approximate surface area is 121 Å². The van der Waals surface area contributed by atoms with Gasteiger partial charge in [-0.1, -0.05) is 60.7 Å². The maximum atomic E-state index is 12.7. The van der Waals surface area contributed by atoms with E-state index in [2.05, 4.69) is 0 Å². The molecule has 0 saturated carbocycles. The van der Waals surface area contributed by atoms with Crippen LogP contribution in [0.1, 0.15) is 15.9 Å². The Morgan fingerprint density at radius 3 is 1.95 bits per heavy atom. The lowest BCUT2D eigenvalue weighted by atomic mass is 9.96. The molecule has 0 spiro atoms. The van der Waals surface area contributed by atoms with Crippen molar-refractivity contribution in [3.05, 3.63) is 71.8 Å². The summed E-state index contributed by atoms with van der Waals surface area (Å²) in [7, 11) is 1.23. The summed E-state index contributed by atoms with van der Waals surface area (Å²) in [5.41, 5.74) is 0.605. The van der Waals surface area contributed by atoms with Gasteiger partial charge in [0.1, 0.15) is 0 Å². The van der Waals surface area contributed by atoms with E-state index in [4.69, 9.17) is 14.6 Å². The van der Waals surface area contributed by atoms with Crippen molar-refractivity contribution in [3.63, 3.8) is 0 Å². The van der Waals surface area contributed by atoms with E-state index >= 15 is 0 Å². The van der Waals surface area contributed by atoms with Gasteiger partial charge in [-0.2, -0.15) is 0 Å². The highest BCUT2D eigenvalue weighted by Crippen LogP contribution is 2.31. The highest BCUT2D eigenvalue weighted by Gasteiger charge is 2.45. The summed E-state index contributed by atoms with van der Waals surface area (Å²) in [6.07, 6.45) is -1.59. The third-order valence-corrected chi connectivity index (χ3v) is 3.01. The molecule has 0 aliphatic carbocycles. The SMILES string of the molecule is COC(OC(=O)O)(C(=O)c1ccccc1)c1ccccc1. The van der Waals surface area contributed by atoms with Gasteiger partial charge in [-0.15, -0.1) is 0 Å². The maximum Gasteiger partial charge on any atom is 0.508 e. The largest absolute Gasteiger partial charge is 0.508 e. The fourth-order valence-corrected chi connectivity index (χ4v) is 2.05. The molecule has 5 heteroatoms. The number of ether oxygens (including phenoxy) is 2. The van der Waals surface area contributed by atoms with Crippen molar-refractivity contribution in [1.29, 1.82) is 0 Å². The van der Waals surface area contributed by atoms with Gasteiger partial charge in [0.05, 0.1) is 0 Å². The molecule has 0 saturated heterocycles. The van der Waals surface area contributed by atoms with Gasteiger partial charge in [0, 0.05) is 18.2 Å². The van der Waals surface area contributed by atoms with Gasteiger partial charge < -0.3 is 14.6 Å². The van der Waals surface area contributed by atoms with E-state index in [1.807, 2.05) is 0 Å². The molecule has 0 amide bonds. The summed E-state index contributed by atoms with van der Waals surface area (Å²) < 4.78 is 10.0. The molecule has 21 heavy (non-hydrogen) atoms. The summed E-state index contributed by atoms with van der Waals surface area (Å²) in [6.45, 7) is 0. The molecule has 2 aromatic carbocycles. The van der Waals surface area contributed by atoms with Crippen molar-refractivity contribution < 1.29 is 24.2 Å². The smallest absolute Gasteiger partial charge is 0.450 e. The van der Waals surface area contributed by atoms with Gasteiger partial charge in [-0.05, 0) is 0 Å². The van der Waals surface area contributed by atoms with Crippen LogP contribution < -0.4 is 0 Å². The molecule has 0 heterocycles. The Hall–Kier alpha value is -2.66. The van der Waals surface area contributed by atoms with Gasteiger partial charge in [0.25, 0.3) is 0 Å². The number of methoxy groups -OCH3 is 1. The summed E-state index contributed by atoms with van der Waals surface area (Å²) in [6, 6.07) is 16.5. The number of Topliss-reactive ketones (excluding diaryl/α,β-unsaturated/α-hetero) is 1. The van der Waals surface area contributed by atoms with E-state index in [0.717, 1.165) is 0 Å². The quantitative estimate of drug-likeness (QED) is 0.519. The molecular weight excluding hydrogens is 272 g/mol. The van der Waals surface area contributed by atoms with Gasteiger partial charge >= 0.3 is 11.9 Å². The fraction of sp³-hybridized carbons (Fsp3) is 0.125. The van der Waals surface area contributed by atoms with Crippen LogP contribution in [0, 0.1) is 0 Å². The summed E-state index contributed by atoms with van der Waals surface area (Å²) in [4.78, 5) is 23.7. The fourth-order valence-electron chi connectivity index (χ4n) is 2.05. The highest BCUT2D eigenvalue weighted by molar-refractivity contribution is 6.02. The molecule has 0 aliphatic rings. The van der Waals surface area contributed by atoms with Gasteiger partial charge in [0.2, 0.25) is 5.78 Å². The Balaban J connectivity index is 2.55. The summed E-state index contributed by atoms with van der Waals surface area (Å²) >= 11 is 0. The minimum atomic E-state index is -2.02. The maximum absolute atomic E-state index is 12.7. The minimum absolute atomic E-state index is 0.296. The van der Waals surface area contributed by atoms with Crippen LogP contribution in [0.4, 0.5) is 4.79 Å². The first-order valence-corrected chi connectivity index (χ1v) is 6.22. The van der Waals surface area contributed by atoms with Crippen LogP contribution in [0.2, 0.25) is 0 Å². The number of ketones is 1. The lowest BCUT2D eigenvalue weighted by Gasteiger charge is -2.29. The second-order valence-corrected chi connectivity index (χ2v) is 4.25. The second-order valence-electron chi connectivity index (χ2n) is 4.25. The Morgan fingerprint density at radius 2 is 1.48 bits per heavy atom. The number of carboxylic acid groups (broad SMARTS) is 1. The number of rotatable bonds is 5. The summed E-state index contributed by atoms with van der Waals surface area (Å²) in [5, 5.41) is 8.98. The average Bonchev–Trinajstić information content (AvgIpc) is 2.53. The molecule has 5 nitrogen and oxygen atoms in total. The molecule has 108 valence electrons. The third-order valence-electron chi connectivity index (χ3n) is 3.01. The standard InChI is InChI=1S/C16H14O5/c1-20-16(21-15(18)19,13-10-6-3-7-11-13)14(17)12-8-4-2-5-9-12/h2-11H,1H3,(H,18,19). The molecule has 1 atom stereocenters. The van der Waals surface area contributed by atoms with Crippen LogP contribution in [-0.4, -0.2) is 24.2 Å². The third kappa shape index (κ3) is 2.93. The van der Waals surface area contributed by atoms with Crippen molar-refractivity contribution in [2.24, 2.45) is 0 Å². The molecule has 0 radical (unpaired) electrons. The van der Waals surface area contributed by atoms with Crippen molar-refractivity contribution in [1.82, 2.24) is 0 Å². The molecule has 0 fully saturated rings. The zero-order valence-electron chi connectivity index (χ0n) is 11.4. The lowest BCUT2D eigenvalue weighted by Crippen LogP contribution is -2.42. The first-order chi connectivity index (χ1) is 10.1. The van der Waals surface area contributed by atoms with Gasteiger partial charge in [-0.3, -0.25) is 4.79 Å². The van der Waals surface area contributed by atoms with E-state index < -0.39 is 17.7 Å². The van der Waals surface area contributed by atoms with E-state index in [1.54, 1.807) is 60.7 Å². The molecular formula is C16H14O5. The van der Waals surface area contributed by atoms with Gasteiger partial charge in [0.15, 0.2) is 0 Å². The molecule has 2 aromatic rings. The van der Waals surface area contributed by atoms with Crippen LogP contribution in [0.5, 0.6) is 0 Å².